The molecule has 142 valence electrons. The molecule has 0 bridgehead atoms. The molecule has 0 radical (unpaired) electrons. The van der Waals surface area contributed by atoms with Gasteiger partial charge in [-0.15, -0.1) is 5.10 Å². The number of para-hydroxylation sites is 3. The summed E-state index contributed by atoms with van der Waals surface area (Å²) >= 11 is 1.24. The molecule has 3 rings (SSSR count). The molecule has 0 fully saturated rings. The van der Waals surface area contributed by atoms with Gasteiger partial charge in [0.15, 0.2) is 0 Å². The Kier molecular flexibility index (Phi) is 6.59. The lowest BCUT2D eigenvalue weighted by Crippen LogP contribution is -2.33. The van der Waals surface area contributed by atoms with E-state index in [-0.39, 0.29) is 24.6 Å². The second-order valence-corrected chi connectivity index (χ2v) is 6.57. The summed E-state index contributed by atoms with van der Waals surface area (Å²) in [6, 6.07) is 18.8. The average Bonchev–Trinajstić information content (AvgIpc) is 3.22. The topological polar surface area (TPSA) is 96.9 Å². The van der Waals surface area contributed by atoms with Crippen molar-refractivity contribution in [3.8, 4) is 17.5 Å². The zero-order valence-corrected chi connectivity index (χ0v) is 16.0. The Morgan fingerprint density at radius 3 is 2.71 bits per heavy atom. The van der Waals surface area contributed by atoms with Gasteiger partial charge in [-0.05, 0) is 34.7 Å². The number of aromatic nitrogens is 4. The van der Waals surface area contributed by atoms with E-state index in [0.29, 0.717) is 16.6 Å². The number of anilines is 1. The van der Waals surface area contributed by atoms with Gasteiger partial charge in [0.05, 0.1) is 36.7 Å². The highest BCUT2D eigenvalue weighted by molar-refractivity contribution is 7.99. The Bertz CT molecular complexity index is 970. The molecular formula is C19H18N6O2S. The predicted molar refractivity (Wildman–Crippen MR) is 105 cm³/mol. The third-order valence-corrected chi connectivity index (χ3v) is 4.79. The van der Waals surface area contributed by atoms with Crippen molar-refractivity contribution < 1.29 is 9.53 Å². The lowest BCUT2D eigenvalue weighted by molar-refractivity contribution is -0.116. The summed E-state index contributed by atoms with van der Waals surface area (Å²) in [5, 5.41) is 21.2. The Morgan fingerprint density at radius 1 is 1.21 bits per heavy atom. The van der Waals surface area contributed by atoms with Crippen LogP contribution in [0.2, 0.25) is 0 Å². The lowest BCUT2D eigenvalue weighted by Gasteiger charge is -2.23. The SMILES string of the molecule is COc1ccccc1N(CCC#N)C(=O)CSc1nnnn1-c1ccccc1. The molecule has 0 saturated carbocycles. The van der Waals surface area contributed by atoms with E-state index in [9.17, 15) is 4.79 Å². The molecular weight excluding hydrogens is 376 g/mol. The quantitative estimate of drug-likeness (QED) is 0.542. The second kappa shape index (κ2) is 9.53. The number of ether oxygens (including phenoxy) is 1. The summed E-state index contributed by atoms with van der Waals surface area (Å²) in [5.41, 5.74) is 1.45. The second-order valence-electron chi connectivity index (χ2n) is 5.62. The van der Waals surface area contributed by atoms with Crippen LogP contribution < -0.4 is 9.64 Å². The smallest absolute Gasteiger partial charge is 0.237 e. The van der Waals surface area contributed by atoms with Gasteiger partial charge in [-0.3, -0.25) is 4.79 Å². The third-order valence-electron chi connectivity index (χ3n) is 3.89. The molecule has 1 amide bonds. The monoisotopic (exact) mass is 394 g/mol. The third kappa shape index (κ3) is 4.47. The highest BCUT2D eigenvalue weighted by atomic mass is 32.2. The molecule has 1 heterocycles. The molecule has 1 aromatic heterocycles. The van der Waals surface area contributed by atoms with E-state index < -0.39 is 0 Å². The number of carbonyl (C=O) groups excluding carboxylic acids is 1. The average molecular weight is 394 g/mol. The number of benzene rings is 2. The minimum atomic E-state index is -0.160. The van der Waals surface area contributed by atoms with Gasteiger partial charge < -0.3 is 9.64 Å². The molecule has 0 aliphatic rings. The van der Waals surface area contributed by atoms with Crippen LogP contribution in [0.5, 0.6) is 5.75 Å². The maximum atomic E-state index is 12.9. The van der Waals surface area contributed by atoms with E-state index in [2.05, 4.69) is 21.6 Å². The van der Waals surface area contributed by atoms with Crippen molar-refractivity contribution in [2.24, 2.45) is 0 Å². The van der Waals surface area contributed by atoms with Crippen LogP contribution in [0.4, 0.5) is 5.69 Å². The Balaban J connectivity index is 1.77. The van der Waals surface area contributed by atoms with Crippen LogP contribution >= 0.6 is 11.8 Å². The van der Waals surface area contributed by atoms with E-state index in [1.165, 1.54) is 11.8 Å². The van der Waals surface area contributed by atoms with Crippen LogP contribution in [0.15, 0.2) is 59.8 Å². The van der Waals surface area contributed by atoms with Gasteiger partial charge >= 0.3 is 0 Å². The van der Waals surface area contributed by atoms with E-state index in [0.717, 1.165) is 5.69 Å². The predicted octanol–water partition coefficient (Wildman–Crippen LogP) is 2.71. The van der Waals surface area contributed by atoms with Crippen LogP contribution in [0.3, 0.4) is 0 Å². The standard InChI is InChI=1S/C19H18N6O2S/c1-27-17-11-6-5-10-16(17)24(13-7-12-20)18(26)14-28-19-21-22-23-25(19)15-8-3-2-4-9-15/h2-6,8-11H,7,13-14H2,1H3. The zero-order chi connectivity index (χ0) is 19.8. The molecule has 0 aliphatic heterocycles. The number of tetrazole rings is 1. The molecule has 0 aliphatic carbocycles. The molecule has 0 spiro atoms. The molecule has 9 heteroatoms. The first kappa shape index (κ1) is 19.4. The molecule has 0 saturated heterocycles. The first-order valence-corrected chi connectivity index (χ1v) is 9.50. The highest BCUT2D eigenvalue weighted by Gasteiger charge is 2.20. The summed E-state index contributed by atoms with van der Waals surface area (Å²) in [4.78, 5) is 14.5. The summed E-state index contributed by atoms with van der Waals surface area (Å²) in [7, 11) is 1.55. The van der Waals surface area contributed by atoms with Crippen LogP contribution in [-0.4, -0.2) is 45.5 Å². The van der Waals surface area contributed by atoms with Crippen molar-refractivity contribution in [2.75, 3.05) is 24.3 Å². The fourth-order valence-electron chi connectivity index (χ4n) is 2.60. The minimum absolute atomic E-state index is 0.122. The van der Waals surface area contributed by atoms with E-state index in [1.807, 2.05) is 42.5 Å². The van der Waals surface area contributed by atoms with Gasteiger partial charge in [0.2, 0.25) is 11.1 Å². The first-order valence-electron chi connectivity index (χ1n) is 8.51. The molecule has 2 aromatic carbocycles. The molecule has 28 heavy (non-hydrogen) atoms. The number of nitriles is 1. The highest BCUT2D eigenvalue weighted by Crippen LogP contribution is 2.29. The van der Waals surface area contributed by atoms with Crippen LogP contribution in [0.1, 0.15) is 6.42 Å². The zero-order valence-electron chi connectivity index (χ0n) is 15.2. The van der Waals surface area contributed by atoms with E-state index >= 15 is 0 Å². The molecule has 8 nitrogen and oxygen atoms in total. The van der Waals surface area contributed by atoms with Crippen molar-refractivity contribution in [1.29, 1.82) is 5.26 Å². The fourth-order valence-corrected chi connectivity index (χ4v) is 3.37. The minimum Gasteiger partial charge on any atom is -0.495 e. The number of carbonyl (C=O) groups is 1. The van der Waals surface area contributed by atoms with Gasteiger partial charge in [-0.2, -0.15) is 9.94 Å². The van der Waals surface area contributed by atoms with Gasteiger partial charge in [0.25, 0.3) is 0 Å². The van der Waals surface area contributed by atoms with Crippen LogP contribution in [-0.2, 0) is 4.79 Å². The normalized spacial score (nSPS) is 10.3. The summed E-state index contributed by atoms with van der Waals surface area (Å²) in [5.74, 6) is 0.539. The fraction of sp³-hybridized carbons (Fsp3) is 0.211. The van der Waals surface area contributed by atoms with Gasteiger partial charge in [-0.25, -0.2) is 0 Å². The van der Waals surface area contributed by atoms with Gasteiger partial charge in [0, 0.05) is 6.54 Å². The number of rotatable bonds is 8. The van der Waals surface area contributed by atoms with Crippen molar-refractivity contribution in [3.05, 3.63) is 54.6 Å². The maximum absolute atomic E-state index is 12.9. The first-order chi connectivity index (χ1) is 13.7. The largest absolute Gasteiger partial charge is 0.495 e. The number of hydrogen-bond acceptors (Lipinski definition) is 7. The van der Waals surface area contributed by atoms with Crippen LogP contribution in [0, 0.1) is 11.3 Å². The molecule has 0 N–H and O–H groups in total. The van der Waals surface area contributed by atoms with Crippen molar-refractivity contribution in [2.45, 2.75) is 11.6 Å². The Hall–Kier alpha value is -3.38. The van der Waals surface area contributed by atoms with Crippen molar-refractivity contribution in [1.82, 2.24) is 20.2 Å². The summed E-state index contributed by atoms with van der Waals surface area (Å²) in [6.45, 7) is 0.278. The number of methoxy groups -OCH3 is 1. The number of hydrogen-bond donors (Lipinski definition) is 0. The van der Waals surface area contributed by atoms with Gasteiger partial charge in [-0.1, -0.05) is 42.1 Å². The number of nitrogens with zero attached hydrogens (tertiary/aromatic N) is 6. The summed E-state index contributed by atoms with van der Waals surface area (Å²) < 4.78 is 6.95. The lowest BCUT2D eigenvalue weighted by atomic mass is 10.2. The number of amides is 1. The maximum Gasteiger partial charge on any atom is 0.237 e. The van der Waals surface area contributed by atoms with Crippen LogP contribution in [0.25, 0.3) is 5.69 Å². The molecule has 0 atom stereocenters. The Labute approximate surface area is 166 Å². The molecule has 0 unspecified atom stereocenters. The molecule has 3 aromatic rings. The Morgan fingerprint density at radius 2 is 1.96 bits per heavy atom. The van der Waals surface area contributed by atoms with Crippen molar-refractivity contribution in [3.63, 3.8) is 0 Å². The van der Waals surface area contributed by atoms with Crippen molar-refractivity contribution >= 4 is 23.4 Å². The number of thioether (sulfide) groups is 1. The van der Waals surface area contributed by atoms with Gasteiger partial charge in [0.1, 0.15) is 5.75 Å². The van der Waals surface area contributed by atoms with E-state index in [4.69, 9.17) is 10.00 Å². The van der Waals surface area contributed by atoms with E-state index in [1.54, 1.807) is 28.8 Å². The summed E-state index contributed by atoms with van der Waals surface area (Å²) in [6.07, 6.45) is 0.218.